The molecule has 0 spiro atoms. The van der Waals surface area contributed by atoms with Crippen molar-refractivity contribution in [3.63, 3.8) is 0 Å². The Morgan fingerprint density at radius 3 is 2.68 bits per heavy atom. The summed E-state index contributed by atoms with van der Waals surface area (Å²) in [6, 6.07) is 4.27. The number of hydrogen-bond donors (Lipinski definition) is 1. The molecule has 0 unspecified atom stereocenters. The summed E-state index contributed by atoms with van der Waals surface area (Å²) in [4.78, 5) is 11.4. The highest BCUT2D eigenvalue weighted by molar-refractivity contribution is 9.10. The number of rotatable bonds is 3. The summed E-state index contributed by atoms with van der Waals surface area (Å²) in [5.41, 5.74) is 0.277. The van der Waals surface area contributed by atoms with E-state index in [1.54, 1.807) is 6.07 Å². The molecule has 1 aromatic heterocycles. The van der Waals surface area contributed by atoms with Gasteiger partial charge in [-0.05, 0) is 27.6 Å². The summed E-state index contributed by atoms with van der Waals surface area (Å²) in [6.07, 6.45) is 0. The predicted octanol–water partition coefficient (Wildman–Crippen LogP) is 3.32. The van der Waals surface area contributed by atoms with Gasteiger partial charge < -0.3 is 14.0 Å². The van der Waals surface area contributed by atoms with Gasteiger partial charge in [-0.25, -0.2) is 4.79 Å². The second kappa shape index (κ2) is 5.12. The third-order valence-corrected chi connectivity index (χ3v) is 3.81. The topological polar surface area (TPSA) is 76.7 Å². The van der Waals surface area contributed by atoms with Gasteiger partial charge in [0.05, 0.1) is 11.1 Å². The fourth-order valence-corrected chi connectivity index (χ4v) is 2.37. The number of benzene rings is 1. The maximum absolute atomic E-state index is 11.6. The first-order valence-corrected chi connectivity index (χ1v) is 8.72. The van der Waals surface area contributed by atoms with Crippen LogP contribution in [0.4, 0.5) is 0 Å². The quantitative estimate of drug-likeness (QED) is 0.681. The number of phenols is 1. The van der Waals surface area contributed by atoms with Crippen molar-refractivity contribution in [3.05, 3.63) is 38.7 Å². The molecule has 1 heterocycles. The molecule has 1 N–H and O–H groups in total. The number of aromatic hydroxyl groups is 1. The summed E-state index contributed by atoms with van der Waals surface area (Å²) < 4.78 is 22.3. The average Bonchev–Trinajstić information content (AvgIpc) is 2.27. The van der Waals surface area contributed by atoms with Gasteiger partial charge in [0.2, 0.25) is 0 Å². The van der Waals surface area contributed by atoms with Crippen LogP contribution in [0.3, 0.4) is 0 Å². The van der Waals surface area contributed by atoms with Crippen LogP contribution in [-0.2, 0) is 15.7 Å². The molecule has 5 nitrogen and oxygen atoms in total. The van der Waals surface area contributed by atoms with Crippen molar-refractivity contribution >= 4 is 34.3 Å². The molecular formula is C12H12BrO5P. The molecule has 0 saturated heterocycles. The monoisotopic (exact) mass is 346 g/mol. The normalized spacial score (nSPS) is 11.9. The molecule has 0 saturated carbocycles. The number of hydrogen-bond acceptors (Lipinski definition) is 5. The van der Waals surface area contributed by atoms with E-state index >= 15 is 0 Å². The minimum atomic E-state index is -2.64. The standard InChI is InChI=1S/C12H12BrO5P/c1-19(2,16)17-6-7-3-12(15)18-11-5-10(14)9(13)4-8(7)11/h3-5,14H,6H2,1-2H3. The number of phenolic OH excluding ortho intramolecular Hbond substituents is 1. The highest BCUT2D eigenvalue weighted by Crippen LogP contribution is 2.39. The molecule has 0 aliphatic carbocycles. The van der Waals surface area contributed by atoms with Crippen LogP contribution < -0.4 is 5.63 Å². The molecule has 2 rings (SSSR count). The molecule has 7 heteroatoms. The maximum atomic E-state index is 11.6. The Kier molecular flexibility index (Phi) is 3.85. The molecule has 2 aromatic rings. The molecule has 0 bridgehead atoms. The van der Waals surface area contributed by atoms with Gasteiger partial charge in [0, 0.05) is 30.8 Å². The number of fused-ring (bicyclic) bond motifs is 1. The van der Waals surface area contributed by atoms with Crippen LogP contribution in [0.5, 0.6) is 5.75 Å². The Morgan fingerprint density at radius 1 is 1.37 bits per heavy atom. The van der Waals surface area contributed by atoms with Gasteiger partial charge in [-0.15, -0.1) is 0 Å². The first kappa shape index (κ1) is 14.3. The zero-order valence-electron chi connectivity index (χ0n) is 10.3. The van der Waals surface area contributed by atoms with Gasteiger partial charge in [0.1, 0.15) is 11.3 Å². The highest BCUT2D eigenvalue weighted by atomic mass is 79.9. The first-order valence-electron chi connectivity index (χ1n) is 5.41. The van der Waals surface area contributed by atoms with E-state index in [9.17, 15) is 14.5 Å². The molecule has 0 fully saturated rings. The van der Waals surface area contributed by atoms with E-state index in [-0.39, 0.29) is 17.9 Å². The van der Waals surface area contributed by atoms with E-state index in [4.69, 9.17) is 8.94 Å². The summed E-state index contributed by atoms with van der Waals surface area (Å²) in [5, 5.41) is 10.2. The third-order valence-electron chi connectivity index (χ3n) is 2.43. The number of halogens is 1. The van der Waals surface area contributed by atoms with Crippen molar-refractivity contribution < 1.29 is 18.6 Å². The summed E-state index contributed by atoms with van der Waals surface area (Å²) in [5.74, 6) is -0.0228. The van der Waals surface area contributed by atoms with Crippen LogP contribution in [0.15, 0.2) is 31.9 Å². The Labute approximate surface area is 117 Å². The van der Waals surface area contributed by atoms with Crippen molar-refractivity contribution in [2.45, 2.75) is 6.61 Å². The Balaban J connectivity index is 2.56. The van der Waals surface area contributed by atoms with Crippen molar-refractivity contribution in [1.82, 2.24) is 0 Å². The lowest BCUT2D eigenvalue weighted by Gasteiger charge is -2.10. The molecule has 19 heavy (non-hydrogen) atoms. The second-order valence-electron chi connectivity index (χ2n) is 4.42. The van der Waals surface area contributed by atoms with Crippen molar-refractivity contribution in [2.24, 2.45) is 0 Å². The second-order valence-corrected chi connectivity index (χ2v) is 8.03. The summed E-state index contributed by atoms with van der Waals surface area (Å²) in [7, 11) is -2.64. The fraction of sp³-hybridized carbons (Fsp3) is 0.250. The smallest absolute Gasteiger partial charge is 0.336 e. The lowest BCUT2D eigenvalue weighted by molar-refractivity contribution is 0.310. The summed E-state index contributed by atoms with van der Waals surface area (Å²) in [6.45, 7) is 3.05. The Morgan fingerprint density at radius 2 is 2.05 bits per heavy atom. The minimum Gasteiger partial charge on any atom is -0.507 e. The zero-order chi connectivity index (χ0) is 14.2. The molecule has 102 valence electrons. The SMILES string of the molecule is CP(C)(=O)OCc1cc(=O)oc2cc(O)c(Br)cc12. The van der Waals surface area contributed by atoms with Crippen molar-refractivity contribution in [1.29, 1.82) is 0 Å². The van der Waals surface area contributed by atoms with Crippen LogP contribution in [0.25, 0.3) is 11.0 Å². The molecule has 1 aromatic carbocycles. The average molecular weight is 347 g/mol. The Hall–Kier alpha value is -1.10. The van der Waals surface area contributed by atoms with Gasteiger partial charge in [0.25, 0.3) is 0 Å². The van der Waals surface area contributed by atoms with E-state index in [2.05, 4.69) is 15.9 Å². The highest BCUT2D eigenvalue weighted by Gasteiger charge is 2.13. The van der Waals surface area contributed by atoms with E-state index in [0.717, 1.165) is 0 Å². The van der Waals surface area contributed by atoms with Crippen LogP contribution in [0, 0.1) is 0 Å². The minimum absolute atomic E-state index is 0.0228. The van der Waals surface area contributed by atoms with Gasteiger partial charge >= 0.3 is 5.63 Å². The van der Waals surface area contributed by atoms with Gasteiger partial charge in [-0.1, -0.05) is 0 Å². The molecule has 0 amide bonds. The molecule has 0 atom stereocenters. The van der Waals surface area contributed by atoms with Crippen molar-refractivity contribution in [2.75, 3.05) is 13.3 Å². The predicted molar refractivity (Wildman–Crippen MR) is 76.1 cm³/mol. The van der Waals surface area contributed by atoms with Crippen LogP contribution in [-0.4, -0.2) is 18.4 Å². The van der Waals surface area contributed by atoms with E-state index in [1.807, 2.05) is 0 Å². The molecule has 0 aliphatic heterocycles. The van der Waals surface area contributed by atoms with Crippen LogP contribution in [0.2, 0.25) is 0 Å². The first-order chi connectivity index (χ1) is 8.76. The maximum Gasteiger partial charge on any atom is 0.336 e. The molecule has 0 radical (unpaired) electrons. The van der Waals surface area contributed by atoms with Gasteiger partial charge in [0.15, 0.2) is 7.37 Å². The fourth-order valence-electron chi connectivity index (χ4n) is 1.58. The third kappa shape index (κ3) is 3.47. The molecule has 0 aliphatic rings. The van der Waals surface area contributed by atoms with Crippen LogP contribution in [0.1, 0.15) is 5.56 Å². The lowest BCUT2D eigenvalue weighted by atomic mass is 10.1. The van der Waals surface area contributed by atoms with E-state index in [0.29, 0.717) is 15.4 Å². The van der Waals surface area contributed by atoms with Crippen molar-refractivity contribution in [3.8, 4) is 5.75 Å². The largest absolute Gasteiger partial charge is 0.507 e. The van der Waals surface area contributed by atoms with E-state index in [1.165, 1.54) is 25.5 Å². The molecular weight excluding hydrogens is 335 g/mol. The Bertz CT molecular complexity index is 731. The van der Waals surface area contributed by atoms with E-state index < -0.39 is 13.0 Å². The van der Waals surface area contributed by atoms with Crippen LogP contribution >= 0.6 is 23.3 Å². The van der Waals surface area contributed by atoms with Gasteiger partial charge in [-0.2, -0.15) is 0 Å². The van der Waals surface area contributed by atoms with Gasteiger partial charge in [-0.3, -0.25) is 4.57 Å². The lowest BCUT2D eigenvalue weighted by Crippen LogP contribution is -2.02. The zero-order valence-corrected chi connectivity index (χ0v) is 12.8. The summed E-state index contributed by atoms with van der Waals surface area (Å²) >= 11 is 3.19.